The van der Waals surface area contributed by atoms with Gasteiger partial charge in [-0.05, 0) is 17.5 Å². The van der Waals surface area contributed by atoms with E-state index in [9.17, 15) is 26.0 Å². The Balaban J connectivity index is 2.74. The van der Waals surface area contributed by atoms with Gasteiger partial charge in [-0.3, -0.25) is 0 Å². The van der Waals surface area contributed by atoms with Gasteiger partial charge in [0.25, 0.3) is 0 Å². The minimum Gasteiger partial charge on any atom is -0.467 e. The fourth-order valence-corrected chi connectivity index (χ4v) is 2.42. The molecule has 0 aliphatic rings. The van der Waals surface area contributed by atoms with E-state index in [0.717, 1.165) is 12.1 Å². The molecule has 0 bridgehead atoms. The van der Waals surface area contributed by atoms with Gasteiger partial charge >= 0.3 is 15.6 Å². The lowest BCUT2D eigenvalue weighted by molar-refractivity contribution is -0.0499. The van der Waals surface area contributed by atoms with Gasteiger partial charge in [0.05, 0.1) is 5.56 Å². The van der Waals surface area contributed by atoms with Gasteiger partial charge in [-0.25, -0.2) is 4.39 Å². The van der Waals surface area contributed by atoms with E-state index in [2.05, 4.69) is 8.92 Å². The fraction of sp³-hybridized carbons (Fsp3) is 0.200. The largest absolute Gasteiger partial charge is 0.534 e. The zero-order valence-electron chi connectivity index (χ0n) is 12.6. The molecule has 25 heavy (non-hydrogen) atoms. The lowest BCUT2D eigenvalue weighted by atomic mass is 10.0. The topological polar surface area (TPSA) is 61.8 Å². The molecule has 0 N–H and O–H groups in total. The molecule has 134 valence electrons. The maximum atomic E-state index is 13.8. The highest BCUT2D eigenvalue weighted by molar-refractivity contribution is 7.88. The van der Waals surface area contributed by atoms with Crippen LogP contribution in [0.25, 0.3) is 10.8 Å². The number of methoxy groups -OCH3 is 1. The summed E-state index contributed by atoms with van der Waals surface area (Å²) in [7, 11) is -4.69. The molecule has 2 aromatic rings. The van der Waals surface area contributed by atoms with Crippen molar-refractivity contribution in [1.82, 2.24) is 0 Å². The van der Waals surface area contributed by atoms with E-state index in [0.29, 0.717) is 0 Å². The van der Waals surface area contributed by atoms with E-state index < -0.39 is 32.8 Å². The summed E-state index contributed by atoms with van der Waals surface area (Å²) < 4.78 is 88.2. The Kier molecular flexibility index (Phi) is 5.10. The monoisotopic (exact) mass is 378 g/mol. The van der Waals surface area contributed by atoms with E-state index in [4.69, 9.17) is 11.2 Å². The first-order chi connectivity index (χ1) is 11.6. The summed E-state index contributed by atoms with van der Waals surface area (Å²) in [6.07, 6.45) is 5.18. The second-order valence-electron chi connectivity index (χ2n) is 4.62. The fourth-order valence-electron chi connectivity index (χ4n) is 1.96. The first-order valence-corrected chi connectivity index (χ1v) is 7.87. The molecule has 0 aliphatic carbocycles. The van der Waals surface area contributed by atoms with E-state index >= 15 is 0 Å². The predicted octanol–water partition coefficient (Wildman–Crippen LogP) is 3.17. The van der Waals surface area contributed by atoms with Crippen LogP contribution >= 0.6 is 0 Å². The molecule has 0 aromatic heterocycles. The third-order valence-electron chi connectivity index (χ3n) is 2.97. The minimum atomic E-state index is -6.00. The van der Waals surface area contributed by atoms with Crippen molar-refractivity contribution in [3.8, 4) is 23.8 Å². The average molecular weight is 378 g/mol. The van der Waals surface area contributed by atoms with E-state index in [-0.39, 0.29) is 23.3 Å². The summed E-state index contributed by atoms with van der Waals surface area (Å²) >= 11 is 0. The molecule has 0 fully saturated rings. The number of hydrogen-bond donors (Lipinski definition) is 0. The molecule has 0 radical (unpaired) electrons. The van der Waals surface area contributed by atoms with Crippen molar-refractivity contribution in [2.45, 2.75) is 5.51 Å². The van der Waals surface area contributed by atoms with Crippen molar-refractivity contribution in [3.63, 3.8) is 0 Å². The van der Waals surface area contributed by atoms with Gasteiger partial charge in [-0.2, -0.15) is 21.6 Å². The molecular formula is C15H10F4O5S. The molecule has 10 heteroatoms. The van der Waals surface area contributed by atoms with E-state index in [1.165, 1.54) is 19.2 Å². The second kappa shape index (κ2) is 6.78. The number of ether oxygens (including phenoxy) is 2. The highest BCUT2D eigenvalue weighted by Crippen LogP contribution is 2.37. The highest BCUT2D eigenvalue weighted by atomic mass is 32.2. The molecule has 0 aliphatic heterocycles. The third-order valence-corrected chi connectivity index (χ3v) is 3.94. The molecule has 0 saturated carbocycles. The SMILES string of the molecule is C#Cc1c(F)ccc2cc(OCOC)cc(OS(=O)(=O)C(F)(F)F)c12. The van der Waals surface area contributed by atoms with Crippen LogP contribution in [0.1, 0.15) is 5.56 Å². The zero-order chi connectivity index (χ0) is 18.8. The Morgan fingerprint density at radius 3 is 2.48 bits per heavy atom. The van der Waals surface area contributed by atoms with Crippen molar-refractivity contribution in [3.05, 3.63) is 35.6 Å². The molecular weight excluding hydrogens is 368 g/mol. The molecule has 5 nitrogen and oxygen atoms in total. The van der Waals surface area contributed by atoms with Gasteiger partial charge in [0, 0.05) is 18.6 Å². The summed E-state index contributed by atoms with van der Waals surface area (Å²) in [5.41, 5.74) is -6.12. The van der Waals surface area contributed by atoms with Crippen molar-refractivity contribution in [2.75, 3.05) is 13.9 Å². The number of rotatable bonds is 5. The van der Waals surface area contributed by atoms with Gasteiger partial charge in [-0.15, -0.1) is 6.42 Å². The maximum Gasteiger partial charge on any atom is 0.534 e. The molecule has 0 saturated heterocycles. The zero-order valence-corrected chi connectivity index (χ0v) is 13.4. The van der Waals surface area contributed by atoms with Crippen LogP contribution in [0, 0.1) is 18.2 Å². The normalized spacial score (nSPS) is 12.0. The third kappa shape index (κ3) is 3.78. The second-order valence-corrected chi connectivity index (χ2v) is 6.16. The Bertz CT molecular complexity index is 945. The summed E-state index contributed by atoms with van der Waals surface area (Å²) in [4.78, 5) is 0. The van der Waals surface area contributed by atoms with Gasteiger partial charge in [0.15, 0.2) is 12.5 Å². The molecule has 2 rings (SSSR count). The first kappa shape index (κ1) is 18.8. The molecule has 0 atom stereocenters. The van der Waals surface area contributed by atoms with Crippen molar-refractivity contribution < 1.29 is 39.6 Å². The average Bonchev–Trinajstić information content (AvgIpc) is 2.51. The summed E-state index contributed by atoms with van der Waals surface area (Å²) in [5.74, 6) is 0.177. The molecule has 0 unspecified atom stereocenters. The minimum absolute atomic E-state index is 0.0590. The molecule has 0 amide bonds. The van der Waals surface area contributed by atoms with Crippen molar-refractivity contribution >= 4 is 20.9 Å². The van der Waals surface area contributed by atoms with Crippen LogP contribution < -0.4 is 8.92 Å². The Morgan fingerprint density at radius 2 is 1.92 bits per heavy atom. The number of halogens is 4. The summed E-state index contributed by atoms with van der Waals surface area (Å²) in [5, 5.41) is -0.185. The number of benzene rings is 2. The van der Waals surface area contributed by atoms with E-state index in [1.807, 2.05) is 5.92 Å². The van der Waals surface area contributed by atoms with E-state index in [1.54, 1.807) is 0 Å². The van der Waals surface area contributed by atoms with Crippen LogP contribution in [0.2, 0.25) is 0 Å². The number of hydrogen-bond acceptors (Lipinski definition) is 5. The van der Waals surface area contributed by atoms with Gasteiger partial charge < -0.3 is 13.7 Å². The molecule has 0 heterocycles. The summed E-state index contributed by atoms with van der Waals surface area (Å²) in [6.45, 7) is -0.264. The smallest absolute Gasteiger partial charge is 0.467 e. The lowest BCUT2D eigenvalue weighted by Crippen LogP contribution is -2.28. The molecule has 2 aromatic carbocycles. The van der Waals surface area contributed by atoms with Crippen LogP contribution in [0.4, 0.5) is 17.6 Å². The lowest BCUT2D eigenvalue weighted by Gasteiger charge is -2.15. The van der Waals surface area contributed by atoms with Crippen LogP contribution in [-0.4, -0.2) is 27.8 Å². The number of fused-ring (bicyclic) bond motifs is 1. The van der Waals surface area contributed by atoms with Gasteiger partial charge in [0.1, 0.15) is 11.6 Å². The Hall–Kier alpha value is -2.51. The maximum absolute atomic E-state index is 13.8. The quantitative estimate of drug-likeness (QED) is 0.263. The van der Waals surface area contributed by atoms with Crippen LogP contribution in [-0.2, 0) is 14.9 Å². The van der Waals surface area contributed by atoms with Gasteiger partial charge in [-0.1, -0.05) is 12.0 Å². The first-order valence-electron chi connectivity index (χ1n) is 6.46. The number of terminal acetylenes is 1. The van der Waals surface area contributed by atoms with Gasteiger partial charge in [0.2, 0.25) is 0 Å². The van der Waals surface area contributed by atoms with Crippen LogP contribution in [0.3, 0.4) is 0 Å². The van der Waals surface area contributed by atoms with Crippen LogP contribution in [0.15, 0.2) is 24.3 Å². The standard InChI is InChI=1S/C15H10F4O5S/c1-3-11-12(16)5-4-9-6-10(23-8-22-2)7-13(14(9)11)24-25(20,21)15(17,18)19/h1,4-7H,8H2,2H3. The number of alkyl halides is 3. The van der Waals surface area contributed by atoms with Crippen molar-refractivity contribution in [1.29, 1.82) is 0 Å². The molecule has 0 spiro atoms. The summed E-state index contributed by atoms with van der Waals surface area (Å²) in [6, 6.07) is 4.35. The van der Waals surface area contributed by atoms with Crippen molar-refractivity contribution in [2.24, 2.45) is 0 Å². The van der Waals surface area contributed by atoms with Crippen LogP contribution in [0.5, 0.6) is 11.5 Å². The Labute approximate surface area is 140 Å². The highest BCUT2D eigenvalue weighted by Gasteiger charge is 2.48. The Morgan fingerprint density at radius 1 is 1.24 bits per heavy atom. The predicted molar refractivity (Wildman–Crippen MR) is 79.9 cm³/mol.